The first-order valence-corrected chi connectivity index (χ1v) is 11.1. The first-order valence-electron chi connectivity index (χ1n) is 9.65. The van der Waals surface area contributed by atoms with Crippen molar-refractivity contribution < 1.29 is 22.7 Å². The number of unbranched alkanes of at least 4 members (excludes halogenated alkanes) is 1. The Labute approximate surface area is 172 Å². The lowest BCUT2D eigenvalue weighted by Crippen LogP contribution is -2.42. The zero-order valence-electron chi connectivity index (χ0n) is 17.1. The Bertz CT molecular complexity index is 746. The number of sulfonamides is 1. The minimum atomic E-state index is -3.88. The highest BCUT2D eigenvalue weighted by Gasteiger charge is 2.26. The first kappa shape index (κ1) is 24.9. The largest absolute Gasteiger partial charge is 0.462 e. The van der Waals surface area contributed by atoms with E-state index in [1.807, 2.05) is 6.92 Å². The van der Waals surface area contributed by atoms with Gasteiger partial charge in [0.15, 0.2) is 5.96 Å². The van der Waals surface area contributed by atoms with Gasteiger partial charge in [-0.2, -0.15) is 4.72 Å². The van der Waals surface area contributed by atoms with Gasteiger partial charge in [-0.05, 0) is 38.3 Å². The van der Waals surface area contributed by atoms with Crippen LogP contribution in [0.25, 0.3) is 0 Å². The molecule has 0 aliphatic carbocycles. The number of hydrogen-bond acceptors (Lipinski definition) is 6. The molecule has 0 aliphatic rings. The van der Waals surface area contributed by atoms with Crippen molar-refractivity contribution in [3.8, 4) is 0 Å². The van der Waals surface area contributed by atoms with Crippen molar-refractivity contribution in [1.29, 1.82) is 0 Å². The molecule has 10 heteroatoms. The van der Waals surface area contributed by atoms with Gasteiger partial charge in [0, 0.05) is 13.2 Å². The van der Waals surface area contributed by atoms with Crippen molar-refractivity contribution in [3.05, 3.63) is 29.8 Å². The van der Waals surface area contributed by atoms with E-state index in [9.17, 15) is 13.2 Å². The van der Waals surface area contributed by atoms with E-state index in [0.29, 0.717) is 13.0 Å². The topological polar surface area (TPSA) is 146 Å². The van der Waals surface area contributed by atoms with E-state index in [4.69, 9.17) is 20.9 Å². The van der Waals surface area contributed by atoms with Crippen LogP contribution in [0.15, 0.2) is 34.2 Å². The Morgan fingerprint density at radius 2 is 1.83 bits per heavy atom. The zero-order valence-corrected chi connectivity index (χ0v) is 17.9. The molecule has 29 heavy (non-hydrogen) atoms. The second kappa shape index (κ2) is 13.1. The number of carbonyl (C=O) groups is 1. The molecule has 0 aromatic heterocycles. The average Bonchev–Trinajstić information content (AvgIpc) is 2.67. The van der Waals surface area contributed by atoms with Crippen molar-refractivity contribution >= 4 is 22.0 Å². The van der Waals surface area contributed by atoms with Gasteiger partial charge in [-0.3, -0.25) is 9.79 Å². The third-order valence-electron chi connectivity index (χ3n) is 3.97. The van der Waals surface area contributed by atoms with E-state index < -0.39 is 22.0 Å². The second-order valence-electron chi connectivity index (χ2n) is 6.57. The van der Waals surface area contributed by atoms with E-state index in [1.165, 1.54) is 12.1 Å². The molecule has 0 aliphatic heterocycles. The van der Waals surface area contributed by atoms with Crippen LogP contribution in [0.4, 0.5) is 0 Å². The maximum atomic E-state index is 12.6. The van der Waals surface area contributed by atoms with E-state index >= 15 is 0 Å². The highest BCUT2D eigenvalue weighted by molar-refractivity contribution is 7.89. The van der Waals surface area contributed by atoms with E-state index in [1.54, 1.807) is 12.1 Å². The van der Waals surface area contributed by atoms with Gasteiger partial charge in [-0.25, -0.2) is 8.42 Å². The molecule has 164 valence electrons. The summed E-state index contributed by atoms with van der Waals surface area (Å²) in [7, 11) is -3.88. The Morgan fingerprint density at radius 3 is 2.45 bits per heavy atom. The third-order valence-corrected chi connectivity index (χ3v) is 5.46. The minimum absolute atomic E-state index is 0.0548. The molecule has 1 aromatic rings. The summed E-state index contributed by atoms with van der Waals surface area (Å²) in [5.74, 6) is -0.724. The molecule has 1 rings (SSSR count). The molecular formula is C19H32N4O5S. The number of esters is 1. The number of nitrogens with zero attached hydrogens (tertiary/aromatic N) is 1. The second-order valence-corrected chi connectivity index (χ2v) is 8.28. The molecule has 0 saturated carbocycles. The predicted molar refractivity (Wildman–Crippen MR) is 112 cm³/mol. The SMILES string of the molecule is CCCCOCCOC(=O)[C@H](CCCN=C(N)N)NS(=O)(=O)c1ccc(C)cc1. The van der Waals surface area contributed by atoms with Gasteiger partial charge in [-0.15, -0.1) is 0 Å². The number of hydrogen-bond donors (Lipinski definition) is 3. The van der Waals surface area contributed by atoms with Crippen molar-refractivity contribution in [2.45, 2.75) is 50.5 Å². The standard InChI is InChI=1S/C19H32N4O5S/c1-3-4-12-27-13-14-28-18(24)17(6-5-11-22-19(20)21)23-29(25,26)16-9-7-15(2)8-10-16/h7-10,17,23H,3-6,11-14H2,1-2H3,(H4,20,21,22)/t17-/m0/s1. The fraction of sp³-hybridized carbons (Fsp3) is 0.579. The van der Waals surface area contributed by atoms with Gasteiger partial charge in [0.25, 0.3) is 0 Å². The molecule has 1 aromatic carbocycles. The molecule has 0 heterocycles. The molecule has 0 spiro atoms. The summed E-state index contributed by atoms with van der Waals surface area (Å²) in [6.07, 6.45) is 2.54. The van der Waals surface area contributed by atoms with Crippen LogP contribution in [0.3, 0.4) is 0 Å². The summed E-state index contributed by atoms with van der Waals surface area (Å²) in [5.41, 5.74) is 11.5. The molecule has 0 radical (unpaired) electrons. The van der Waals surface area contributed by atoms with Crippen LogP contribution < -0.4 is 16.2 Å². The molecule has 9 nitrogen and oxygen atoms in total. The number of ether oxygens (including phenoxy) is 2. The lowest BCUT2D eigenvalue weighted by atomic mass is 10.2. The molecule has 0 fully saturated rings. The molecule has 0 saturated heterocycles. The van der Waals surface area contributed by atoms with Crippen molar-refractivity contribution in [3.63, 3.8) is 0 Å². The van der Waals surface area contributed by atoms with Crippen LogP contribution in [0.5, 0.6) is 0 Å². The number of aliphatic imine (C=N–C) groups is 1. The number of rotatable bonds is 14. The van der Waals surface area contributed by atoms with Crippen molar-refractivity contribution in [2.75, 3.05) is 26.4 Å². The molecule has 1 atom stereocenters. The lowest BCUT2D eigenvalue weighted by molar-refractivity contribution is -0.147. The van der Waals surface area contributed by atoms with Crippen LogP contribution in [0.1, 0.15) is 38.2 Å². The normalized spacial score (nSPS) is 12.3. The minimum Gasteiger partial charge on any atom is -0.462 e. The summed E-state index contributed by atoms with van der Waals surface area (Å²) in [6, 6.07) is 5.30. The number of guanidine groups is 1. The molecule has 0 amide bonds. The fourth-order valence-corrected chi connectivity index (χ4v) is 3.57. The molecule has 0 unspecified atom stereocenters. The summed E-state index contributed by atoms with van der Waals surface area (Å²) >= 11 is 0. The van der Waals surface area contributed by atoms with Crippen LogP contribution in [0, 0.1) is 6.92 Å². The summed E-state index contributed by atoms with van der Waals surface area (Å²) < 4.78 is 38.2. The van der Waals surface area contributed by atoms with Crippen LogP contribution in [0.2, 0.25) is 0 Å². The first-order chi connectivity index (χ1) is 13.8. The quantitative estimate of drug-likeness (QED) is 0.174. The maximum absolute atomic E-state index is 12.6. The molecule has 0 bridgehead atoms. The Morgan fingerprint density at radius 1 is 1.14 bits per heavy atom. The zero-order chi connectivity index (χ0) is 21.7. The van der Waals surface area contributed by atoms with Gasteiger partial charge in [0.2, 0.25) is 10.0 Å². The van der Waals surface area contributed by atoms with Gasteiger partial charge in [0.1, 0.15) is 12.6 Å². The maximum Gasteiger partial charge on any atom is 0.324 e. The lowest BCUT2D eigenvalue weighted by Gasteiger charge is -2.18. The monoisotopic (exact) mass is 428 g/mol. The van der Waals surface area contributed by atoms with Crippen LogP contribution in [-0.2, 0) is 24.3 Å². The van der Waals surface area contributed by atoms with E-state index in [0.717, 1.165) is 18.4 Å². The van der Waals surface area contributed by atoms with Crippen molar-refractivity contribution in [1.82, 2.24) is 4.72 Å². The highest BCUT2D eigenvalue weighted by Crippen LogP contribution is 2.12. The van der Waals surface area contributed by atoms with Crippen LogP contribution in [-0.4, -0.2) is 52.8 Å². The van der Waals surface area contributed by atoms with Gasteiger partial charge in [-0.1, -0.05) is 31.0 Å². The number of carbonyl (C=O) groups excluding carboxylic acids is 1. The Balaban J connectivity index is 2.72. The third kappa shape index (κ3) is 10.2. The van der Waals surface area contributed by atoms with Gasteiger partial charge in [0.05, 0.1) is 11.5 Å². The highest BCUT2D eigenvalue weighted by atomic mass is 32.2. The fourth-order valence-electron chi connectivity index (χ4n) is 2.35. The summed E-state index contributed by atoms with van der Waals surface area (Å²) in [5, 5.41) is 0. The van der Waals surface area contributed by atoms with Crippen LogP contribution >= 0.6 is 0 Å². The number of nitrogens with two attached hydrogens (primary N) is 2. The van der Waals surface area contributed by atoms with E-state index in [-0.39, 0.29) is 37.0 Å². The van der Waals surface area contributed by atoms with E-state index in [2.05, 4.69) is 16.6 Å². The molecule has 5 N–H and O–H groups in total. The number of nitrogens with one attached hydrogen (secondary N) is 1. The average molecular weight is 429 g/mol. The Kier molecular flexibility index (Phi) is 11.3. The van der Waals surface area contributed by atoms with Gasteiger partial charge < -0.3 is 20.9 Å². The number of benzene rings is 1. The van der Waals surface area contributed by atoms with Gasteiger partial charge >= 0.3 is 5.97 Å². The summed E-state index contributed by atoms with van der Waals surface area (Å²) in [6.45, 7) is 5.09. The Hall–Kier alpha value is -2.17. The molecular weight excluding hydrogens is 396 g/mol. The predicted octanol–water partition coefficient (Wildman–Crippen LogP) is 1.06. The smallest absolute Gasteiger partial charge is 0.324 e. The van der Waals surface area contributed by atoms with Crippen molar-refractivity contribution in [2.24, 2.45) is 16.5 Å². The number of aryl methyl sites for hydroxylation is 1. The summed E-state index contributed by atoms with van der Waals surface area (Å²) in [4.78, 5) is 16.4.